The van der Waals surface area contributed by atoms with Crippen molar-refractivity contribution in [3.63, 3.8) is 0 Å². The van der Waals surface area contributed by atoms with Crippen LogP contribution in [0.5, 0.6) is 0 Å². The van der Waals surface area contributed by atoms with Crippen molar-refractivity contribution in [3.05, 3.63) is 126 Å². The van der Waals surface area contributed by atoms with Crippen LogP contribution in [0.25, 0.3) is 21.5 Å². The molecular formula is C49H72SiZr. The van der Waals surface area contributed by atoms with Crippen LogP contribution in [0.15, 0.2) is 78.9 Å². The fourth-order valence-corrected chi connectivity index (χ4v) is 6.03. The third-order valence-electron chi connectivity index (χ3n) is 9.04. The van der Waals surface area contributed by atoms with Gasteiger partial charge in [0.05, 0.1) is 9.52 Å². The molecule has 0 amide bonds. The SMILES string of the molecule is CCc1cc2c(C(C)C)cc(C(C)C)cc2[cH-]1.CCc1cc2c(C(C)C)cc(C(C)C)cc2[cH-]1.C[Si]c1ccccc1.[CH2-]CCC.[CH2-]CCC.[Zr+4]. The van der Waals surface area contributed by atoms with Gasteiger partial charge in [0, 0.05) is 0 Å². The molecule has 0 aliphatic heterocycles. The van der Waals surface area contributed by atoms with Crippen molar-refractivity contribution in [1.82, 2.24) is 0 Å². The Morgan fingerprint density at radius 1 is 0.549 bits per heavy atom. The van der Waals surface area contributed by atoms with E-state index in [9.17, 15) is 0 Å². The molecule has 2 radical (unpaired) electrons. The molecule has 5 aromatic carbocycles. The van der Waals surface area contributed by atoms with Gasteiger partial charge < -0.3 is 13.8 Å². The maximum absolute atomic E-state index is 3.60. The first-order chi connectivity index (χ1) is 23.8. The second kappa shape index (κ2) is 26.7. The summed E-state index contributed by atoms with van der Waals surface area (Å²) in [5, 5.41) is 7.21. The predicted molar refractivity (Wildman–Crippen MR) is 232 cm³/mol. The van der Waals surface area contributed by atoms with Crippen LogP contribution in [-0.4, -0.2) is 9.52 Å². The van der Waals surface area contributed by atoms with E-state index in [1.807, 2.05) is 6.07 Å². The number of benzene rings is 3. The Hall–Kier alpha value is -2.02. The van der Waals surface area contributed by atoms with Gasteiger partial charge in [0.15, 0.2) is 0 Å². The topological polar surface area (TPSA) is 0 Å². The summed E-state index contributed by atoms with van der Waals surface area (Å²) in [5.74, 6) is 2.42. The van der Waals surface area contributed by atoms with Crippen LogP contribution in [0.1, 0.15) is 166 Å². The van der Waals surface area contributed by atoms with E-state index >= 15 is 0 Å². The molecule has 0 atom stereocenters. The molecule has 5 rings (SSSR count). The van der Waals surface area contributed by atoms with Crippen LogP contribution in [-0.2, 0) is 39.0 Å². The Labute approximate surface area is 338 Å². The van der Waals surface area contributed by atoms with Gasteiger partial charge in [-0.3, -0.25) is 0 Å². The summed E-state index contributed by atoms with van der Waals surface area (Å²) in [7, 11) is 0.930. The summed E-state index contributed by atoms with van der Waals surface area (Å²) in [6.45, 7) is 36.3. The molecule has 0 aliphatic rings. The molecule has 0 bridgehead atoms. The fraction of sp³-hybridized carbons (Fsp3) is 0.469. The molecule has 0 saturated carbocycles. The van der Waals surface area contributed by atoms with Crippen LogP contribution in [0.2, 0.25) is 6.55 Å². The van der Waals surface area contributed by atoms with Crippen LogP contribution >= 0.6 is 0 Å². The van der Waals surface area contributed by atoms with Crippen LogP contribution in [0.4, 0.5) is 0 Å². The van der Waals surface area contributed by atoms with Crippen LogP contribution in [0, 0.1) is 13.8 Å². The van der Waals surface area contributed by atoms with E-state index in [1.165, 1.54) is 73.0 Å². The minimum absolute atomic E-state index is 0. The average molecular weight is 780 g/mol. The van der Waals surface area contributed by atoms with Gasteiger partial charge in [-0.05, 0) is 36.5 Å². The molecule has 0 heterocycles. The normalized spacial score (nSPS) is 10.6. The van der Waals surface area contributed by atoms with Gasteiger partial charge in [-0.2, -0.15) is 25.0 Å². The van der Waals surface area contributed by atoms with E-state index in [1.54, 1.807) is 0 Å². The summed E-state index contributed by atoms with van der Waals surface area (Å²) >= 11 is 0. The molecule has 5 aromatic rings. The first-order valence-corrected chi connectivity index (χ1v) is 21.1. The standard InChI is InChI=1S/2C17H23.C7H8Si.2C4H9.Zr/c2*1-6-13-7-15-9-14(11(2)3)10-16(12(4)5)17(15)8-13;1-8-7-5-3-2-4-6-7;2*1-3-4-2;/h2*7-12H,6H2,1-5H3;2-6H,1H3;2*1,3-4H2,2H3;/q2*-1;;2*-1;+4. The number of hydrogen-bond donors (Lipinski definition) is 0. The Morgan fingerprint density at radius 3 is 1.14 bits per heavy atom. The quantitative estimate of drug-likeness (QED) is 0.103. The number of unbranched alkanes of at least 4 members (excludes halogenated alkanes) is 2. The van der Waals surface area contributed by atoms with Gasteiger partial charge in [0.2, 0.25) is 0 Å². The number of fused-ring (bicyclic) bond motifs is 2. The van der Waals surface area contributed by atoms with Crippen molar-refractivity contribution in [1.29, 1.82) is 0 Å². The van der Waals surface area contributed by atoms with Gasteiger partial charge in [-0.15, -0.1) is 56.9 Å². The third kappa shape index (κ3) is 16.7. The van der Waals surface area contributed by atoms with E-state index in [4.69, 9.17) is 0 Å². The second-order valence-corrected chi connectivity index (χ2v) is 15.7. The third-order valence-corrected chi connectivity index (χ3v) is 9.95. The number of rotatable bonds is 9. The minimum atomic E-state index is 0. The summed E-state index contributed by atoms with van der Waals surface area (Å²) < 4.78 is 0. The van der Waals surface area contributed by atoms with Crippen molar-refractivity contribution >= 4 is 36.3 Å². The molecule has 51 heavy (non-hydrogen) atoms. The molecule has 0 N–H and O–H groups in total. The van der Waals surface area contributed by atoms with Crippen LogP contribution in [0.3, 0.4) is 0 Å². The van der Waals surface area contributed by atoms with Crippen LogP contribution < -0.4 is 5.19 Å². The second-order valence-electron chi connectivity index (χ2n) is 14.6. The smallest absolute Gasteiger partial charge is 0.343 e. The summed E-state index contributed by atoms with van der Waals surface area (Å²) in [4.78, 5) is 0. The Balaban J connectivity index is 0.000000686. The van der Waals surface area contributed by atoms with Gasteiger partial charge in [0.25, 0.3) is 0 Å². The zero-order valence-corrected chi connectivity index (χ0v) is 38.4. The molecule has 0 unspecified atom stereocenters. The van der Waals surface area contributed by atoms with Gasteiger partial charge in [-0.1, -0.05) is 172 Å². The Kier molecular flexibility index (Phi) is 25.6. The molecule has 2 heteroatoms. The molecule has 0 spiro atoms. The Bertz CT molecular complexity index is 1490. The van der Waals surface area contributed by atoms with E-state index in [0.717, 1.165) is 35.2 Å². The molecule has 0 aromatic heterocycles. The van der Waals surface area contributed by atoms with Crippen molar-refractivity contribution < 1.29 is 26.2 Å². The summed E-state index contributed by atoms with van der Waals surface area (Å²) in [6.07, 6.45) is 6.81. The summed E-state index contributed by atoms with van der Waals surface area (Å²) in [5.41, 5.74) is 8.87. The monoisotopic (exact) mass is 778 g/mol. The molecule has 276 valence electrons. The number of hydrogen-bond acceptors (Lipinski definition) is 0. The van der Waals surface area contributed by atoms with Gasteiger partial charge >= 0.3 is 26.2 Å². The van der Waals surface area contributed by atoms with Crippen molar-refractivity contribution in [2.75, 3.05) is 0 Å². The largest absolute Gasteiger partial charge is 4.00 e. The molecule has 0 saturated heterocycles. The van der Waals surface area contributed by atoms with Crippen molar-refractivity contribution in [2.24, 2.45) is 0 Å². The van der Waals surface area contributed by atoms with E-state index < -0.39 is 0 Å². The maximum Gasteiger partial charge on any atom is 4.00 e. The summed E-state index contributed by atoms with van der Waals surface area (Å²) in [6, 6.07) is 29.5. The molecule has 0 nitrogen and oxygen atoms in total. The van der Waals surface area contributed by atoms with Crippen molar-refractivity contribution in [2.45, 2.75) is 152 Å². The molecular weight excluding hydrogens is 708 g/mol. The maximum atomic E-state index is 3.60. The Morgan fingerprint density at radius 2 is 0.902 bits per heavy atom. The fourth-order valence-electron chi connectivity index (χ4n) is 5.51. The van der Waals surface area contributed by atoms with E-state index in [0.29, 0.717) is 23.7 Å². The minimum Gasteiger partial charge on any atom is -0.343 e. The van der Waals surface area contributed by atoms with Crippen molar-refractivity contribution in [3.8, 4) is 0 Å². The van der Waals surface area contributed by atoms with Gasteiger partial charge in [0.1, 0.15) is 0 Å². The zero-order chi connectivity index (χ0) is 37.8. The molecule has 0 aliphatic carbocycles. The van der Waals surface area contributed by atoms with Gasteiger partial charge in [-0.25, -0.2) is 0 Å². The average Bonchev–Trinajstić information content (AvgIpc) is 3.75. The first-order valence-electron chi connectivity index (χ1n) is 19.6. The van der Waals surface area contributed by atoms with E-state index in [2.05, 4.69) is 176 Å². The predicted octanol–water partition coefficient (Wildman–Crippen LogP) is 15.0. The van der Waals surface area contributed by atoms with E-state index in [-0.39, 0.29) is 26.2 Å². The number of aryl methyl sites for hydroxylation is 2. The first kappa shape index (κ1) is 49.0. The zero-order valence-electron chi connectivity index (χ0n) is 35.0. The molecule has 0 fully saturated rings.